The summed E-state index contributed by atoms with van der Waals surface area (Å²) in [5.41, 5.74) is 0.427. The maximum Gasteiger partial charge on any atom is 0.410 e. The molecule has 0 radical (unpaired) electrons. The van der Waals surface area contributed by atoms with E-state index in [0.29, 0.717) is 11.7 Å². The van der Waals surface area contributed by atoms with E-state index in [1.165, 1.54) is 0 Å². The number of aromatic nitrogens is 1. The highest BCUT2D eigenvalue weighted by Gasteiger charge is 2.28. The van der Waals surface area contributed by atoms with Gasteiger partial charge in [-0.25, -0.2) is 9.78 Å². The molecule has 0 N–H and O–H groups in total. The average molecular weight is 357 g/mol. The first kappa shape index (κ1) is 18.5. The maximum atomic E-state index is 12.4. The number of carbonyl (C=O) groups is 1. The standard InChI is InChI=1S/C19H27N5O2/c1-15(2)22-10-12-24(13-11-22)19(25)26-17-6-8-23(9-7-17)18-5-3-4-16(14-20)21-18/h3-5,15,17H,6-13H2,1-2H3. The van der Waals surface area contributed by atoms with Crippen LogP contribution in [-0.4, -0.2) is 72.3 Å². The second kappa shape index (κ2) is 8.37. The fraction of sp³-hybridized carbons (Fsp3) is 0.632. The maximum absolute atomic E-state index is 12.4. The molecule has 0 spiro atoms. The minimum absolute atomic E-state index is 0.0407. The highest BCUT2D eigenvalue weighted by Crippen LogP contribution is 2.21. The number of anilines is 1. The second-order valence-electron chi connectivity index (χ2n) is 7.18. The van der Waals surface area contributed by atoms with Crippen molar-refractivity contribution in [2.75, 3.05) is 44.2 Å². The van der Waals surface area contributed by atoms with Crippen molar-refractivity contribution in [1.29, 1.82) is 5.26 Å². The van der Waals surface area contributed by atoms with Crippen LogP contribution in [0, 0.1) is 11.3 Å². The van der Waals surface area contributed by atoms with Crippen molar-refractivity contribution in [3.05, 3.63) is 23.9 Å². The largest absolute Gasteiger partial charge is 0.446 e. The zero-order chi connectivity index (χ0) is 18.5. The number of piperazine rings is 1. The first-order valence-corrected chi connectivity index (χ1v) is 9.38. The lowest BCUT2D eigenvalue weighted by molar-refractivity contribution is 0.0337. The summed E-state index contributed by atoms with van der Waals surface area (Å²) in [7, 11) is 0. The Morgan fingerprint density at radius 3 is 2.50 bits per heavy atom. The number of nitrogens with zero attached hydrogens (tertiary/aromatic N) is 5. The molecule has 0 atom stereocenters. The third-order valence-electron chi connectivity index (χ3n) is 5.19. The van der Waals surface area contributed by atoms with Gasteiger partial charge in [-0.15, -0.1) is 0 Å². The highest BCUT2D eigenvalue weighted by molar-refractivity contribution is 5.68. The predicted octanol–water partition coefficient (Wildman–Crippen LogP) is 2.08. The summed E-state index contributed by atoms with van der Waals surface area (Å²) in [6.07, 6.45) is 1.35. The molecule has 2 aliphatic rings. The number of nitriles is 1. The quantitative estimate of drug-likeness (QED) is 0.825. The van der Waals surface area contributed by atoms with Crippen molar-refractivity contribution in [1.82, 2.24) is 14.8 Å². The molecule has 26 heavy (non-hydrogen) atoms. The average Bonchev–Trinajstić information content (AvgIpc) is 2.68. The zero-order valence-electron chi connectivity index (χ0n) is 15.6. The summed E-state index contributed by atoms with van der Waals surface area (Å²) in [4.78, 5) is 23.1. The predicted molar refractivity (Wildman–Crippen MR) is 99.0 cm³/mol. The fourth-order valence-electron chi connectivity index (χ4n) is 3.50. The SMILES string of the molecule is CC(C)N1CCN(C(=O)OC2CCN(c3cccc(C#N)n3)CC2)CC1. The number of pyridine rings is 1. The van der Waals surface area contributed by atoms with Gasteiger partial charge in [-0.05, 0) is 26.0 Å². The monoisotopic (exact) mass is 357 g/mol. The van der Waals surface area contributed by atoms with Gasteiger partial charge in [0.25, 0.3) is 0 Å². The van der Waals surface area contributed by atoms with Crippen LogP contribution in [0.15, 0.2) is 18.2 Å². The first-order chi connectivity index (χ1) is 12.6. The van der Waals surface area contributed by atoms with Crippen LogP contribution in [0.5, 0.6) is 0 Å². The van der Waals surface area contributed by atoms with Gasteiger partial charge in [0.2, 0.25) is 0 Å². The van der Waals surface area contributed by atoms with Gasteiger partial charge in [-0.3, -0.25) is 4.90 Å². The summed E-state index contributed by atoms with van der Waals surface area (Å²) in [6, 6.07) is 8.07. The topological polar surface area (TPSA) is 72.7 Å². The lowest BCUT2D eigenvalue weighted by atomic mass is 10.1. The van der Waals surface area contributed by atoms with Gasteiger partial charge in [0.1, 0.15) is 23.7 Å². The number of piperidine rings is 1. The van der Waals surface area contributed by atoms with Crippen LogP contribution in [0.25, 0.3) is 0 Å². The van der Waals surface area contributed by atoms with E-state index in [1.807, 2.05) is 17.0 Å². The molecule has 0 aromatic carbocycles. The highest BCUT2D eigenvalue weighted by atomic mass is 16.6. The Hall–Kier alpha value is -2.33. The van der Waals surface area contributed by atoms with Gasteiger partial charge >= 0.3 is 6.09 Å². The first-order valence-electron chi connectivity index (χ1n) is 9.38. The van der Waals surface area contributed by atoms with E-state index in [4.69, 9.17) is 10.00 Å². The molecule has 1 aromatic rings. The van der Waals surface area contributed by atoms with E-state index in [1.54, 1.807) is 6.07 Å². The van der Waals surface area contributed by atoms with Gasteiger partial charge in [-0.1, -0.05) is 6.07 Å². The summed E-state index contributed by atoms with van der Waals surface area (Å²) in [6.45, 7) is 9.22. The van der Waals surface area contributed by atoms with Crippen LogP contribution in [0.1, 0.15) is 32.4 Å². The van der Waals surface area contributed by atoms with Crippen molar-refractivity contribution in [2.24, 2.45) is 0 Å². The molecule has 1 aromatic heterocycles. The molecule has 1 amide bonds. The van der Waals surface area contributed by atoms with Crippen molar-refractivity contribution in [3.63, 3.8) is 0 Å². The number of rotatable bonds is 3. The molecule has 0 unspecified atom stereocenters. The molecule has 2 fully saturated rings. The number of hydrogen-bond acceptors (Lipinski definition) is 6. The Morgan fingerprint density at radius 1 is 1.19 bits per heavy atom. The molecule has 2 aliphatic heterocycles. The number of carbonyl (C=O) groups excluding carboxylic acids is 1. The smallest absolute Gasteiger partial charge is 0.410 e. The molecule has 0 bridgehead atoms. The van der Waals surface area contributed by atoms with Crippen LogP contribution in [0.4, 0.5) is 10.6 Å². The molecule has 0 saturated carbocycles. The molecular weight excluding hydrogens is 330 g/mol. The molecule has 3 rings (SSSR count). The van der Waals surface area contributed by atoms with Crippen molar-refractivity contribution < 1.29 is 9.53 Å². The number of ether oxygens (including phenoxy) is 1. The van der Waals surface area contributed by atoms with Crippen LogP contribution >= 0.6 is 0 Å². The fourth-order valence-corrected chi connectivity index (χ4v) is 3.50. The molecular formula is C19H27N5O2. The van der Waals surface area contributed by atoms with Crippen LogP contribution in [0.3, 0.4) is 0 Å². The third kappa shape index (κ3) is 4.44. The molecule has 7 nitrogen and oxygen atoms in total. The van der Waals surface area contributed by atoms with Crippen molar-refractivity contribution in [3.8, 4) is 6.07 Å². The number of amides is 1. The van der Waals surface area contributed by atoms with E-state index in [-0.39, 0.29) is 12.2 Å². The Morgan fingerprint density at radius 2 is 1.88 bits per heavy atom. The van der Waals surface area contributed by atoms with Gasteiger partial charge in [-0.2, -0.15) is 5.26 Å². The van der Waals surface area contributed by atoms with Crippen LogP contribution in [0.2, 0.25) is 0 Å². The summed E-state index contributed by atoms with van der Waals surface area (Å²) in [5.74, 6) is 0.818. The van der Waals surface area contributed by atoms with Crippen LogP contribution in [-0.2, 0) is 4.74 Å². The van der Waals surface area contributed by atoms with Crippen molar-refractivity contribution in [2.45, 2.75) is 38.8 Å². The minimum atomic E-state index is -0.184. The Bertz CT molecular complexity index is 656. The summed E-state index contributed by atoms with van der Waals surface area (Å²) in [5, 5.41) is 8.98. The van der Waals surface area contributed by atoms with E-state index in [2.05, 4.69) is 34.7 Å². The van der Waals surface area contributed by atoms with E-state index in [0.717, 1.165) is 57.9 Å². The summed E-state index contributed by atoms with van der Waals surface area (Å²) < 4.78 is 5.72. The van der Waals surface area contributed by atoms with Crippen molar-refractivity contribution >= 4 is 11.9 Å². The van der Waals surface area contributed by atoms with E-state index < -0.39 is 0 Å². The third-order valence-corrected chi connectivity index (χ3v) is 5.19. The van der Waals surface area contributed by atoms with Crippen LogP contribution < -0.4 is 4.90 Å². The Kier molecular flexibility index (Phi) is 5.94. The molecule has 7 heteroatoms. The lowest BCUT2D eigenvalue weighted by Gasteiger charge is -2.38. The Balaban J connectivity index is 1.45. The van der Waals surface area contributed by atoms with Gasteiger partial charge in [0.05, 0.1) is 0 Å². The van der Waals surface area contributed by atoms with E-state index in [9.17, 15) is 4.79 Å². The summed E-state index contributed by atoms with van der Waals surface area (Å²) >= 11 is 0. The molecule has 3 heterocycles. The minimum Gasteiger partial charge on any atom is -0.446 e. The molecule has 140 valence electrons. The molecule has 2 saturated heterocycles. The Labute approximate surface area is 155 Å². The molecule has 0 aliphatic carbocycles. The van der Waals surface area contributed by atoms with E-state index >= 15 is 0 Å². The lowest BCUT2D eigenvalue weighted by Crippen LogP contribution is -2.51. The van der Waals surface area contributed by atoms with Gasteiger partial charge in [0, 0.05) is 58.2 Å². The van der Waals surface area contributed by atoms with Gasteiger partial charge < -0.3 is 14.5 Å². The van der Waals surface area contributed by atoms with Gasteiger partial charge in [0.15, 0.2) is 0 Å². The zero-order valence-corrected chi connectivity index (χ0v) is 15.6. The normalized spacial score (nSPS) is 19.5. The number of hydrogen-bond donors (Lipinski definition) is 0. The second-order valence-corrected chi connectivity index (χ2v) is 7.18.